The summed E-state index contributed by atoms with van der Waals surface area (Å²) in [5.41, 5.74) is 0.460. The molecule has 46 heavy (non-hydrogen) atoms. The Morgan fingerprint density at radius 1 is 0.717 bits per heavy atom. The van der Waals surface area contributed by atoms with Gasteiger partial charge >= 0.3 is 11.9 Å². The maximum atomic E-state index is 13.9. The molecule has 0 aliphatic carbocycles. The average molecular weight is 637 g/mol. The van der Waals surface area contributed by atoms with Crippen molar-refractivity contribution < 1.29 is 33.3 Å². The maximum Gasteiger partial charge on any atom is 0.316 e. The topological polar surface area (TPSA) is 88.1 Å². The number of Topliss-reactive ketones (excluding diaryl/α,β-unsaturated/α-hetero) is 1. The van der Waals surface area contributed by atoms with Crippen LogP contribution in [0.2, 0.25) is 0 Å². The second kappa shape index (κ2) is 14.4. The molecule has 0 fully saturated rings. The molecule has 0 atom stereocenters. The summed E-state index contributed by atoms with van der Waals surface area (Å²) < 4.78 is 24.0. The summed E-state index contributed by atoms with van der Waals surface area (Å²) in [6, 6.07) is 8.46. The van der Waals surface area contributed by atoms with Crippen LogP contribution >= 0.6 is 0 Å². The Hall–Kier alpha value is -3.61. The van der Waals surface area contributed by atoms with Gasteiger partial charge in [0.15, 0.2) is 5.76 Å². The maximum absolute atomic E-state index is 13.9. The van der Waals surface area contributed by atoms with Crippen molar-refractivity contribution in [2.24, 2.45) is 10.8 Å². The monoisotopic (exact) mass is 636 g/mol. The third-order valence-corrected chi connectivity index (χ3v) is 8.31. The average Bonchev–Trinajstić information content (AvgIpc) is 2.95. The molecule has 0 spiro atoms. The molecular weight excluding hydrogens is 580 g/mol. The Morgan fingerprint density at radius 2 is 1.17 bits per heavy atom. The Kier molecular flexibility index (Phi) is 12.1. The molecule has 0 saturated carbocycles. The van der Waals surface area contributed by atoms with Gasteiger partial charge in [-0.05, 0) is 115 Å². The minimum absolute atomic E-state index is 0.0350. The van der Waals surface area contributed by atoms with Crippen LogP contribution in [0.1, 0.15) is 137 Å². The first-order chi connectivity index (χ1) is 21.0. The highest BCUT2D eigenvalue weighted by Gasteiger charge is 2.36. The third kappa shape index (κ3) is 9.23. The molecule has 7 nitrogen and oxygen atoms in total. The number of allylic oxidation sites excluding steroid dienone is 1. The number of benzene rings is 2. The van der Waals surface area contributed by atoms with Crippen molar-refractivity contribution in [2.45, 2.75) is 127 Å². The first-order valence-electron chi connectivity index (χ1n) is 16.2. The van der Waals surface area contributed by atoms with Crippen molar-refractivity contribution in [3.63, 3.8) is 0 Å². The van der Waals surface area contributed by atoms with Gasteiger partial charge in [0.2, 0.25) is 5.78 Å². The molecule has 0 radical (unpaired) electrons. The molecular formula is C39H56O7. The highest BCUT2D eigenvalue weighted by atomic mass is 16.5. The van der Waals surface area contributed by atoms with E-state index in [0.29, 0.717) is 28.4 Å². The van der Waals surface area contributed by atoms with E-state index in [0.717, 1.165) is 24.0 Å². The van der Waals surface area contributed by atoms with Crippen molar-refractivity contribution in [3.05, 3.63) is 58.3 Å². The van der Waals surface area contributed by atoms with Crippen LogP contribution in [0.25, 0.3) is 6.08 Å². The van der Waals surface area contributed by atoms with Crippen LogP contribution in [-0.2, 0) is 25.2 Å². The van der Waals surface area contributed by atoms with Crippen LogP contribution in [0.3, 0.4) is 0 Å². The number of methoxy groups -OCH3 is 1. The molecule has 2 aromatic rings. The highest BCUT2D eigenvalue weighted by Crippen LogP contribution is 2.48. The molecule has 0 aromatic heterocycles. The second-order valence-corrected chi connectivity index (χ2v) is 15.5. The number of hydrogen-bond acceptors (Lipinski definition) is 7. The SMILES string of the molecule is CCC(C)(C)c1cc(C(C)(C)CC)c(OC(C)C)c(C=C(OC)C(=O)c2ccc(OC(=O)C(C)(C)C)cc2)c1OC(=O)C(C)(C)C. The van der Waals surface area contributed by atoms with Crippen LogP contribution in [0.4, 0.5) is 0 Å². The number of hydrogen-bond donors (Lipinski definition) is 0. The number of ketones is 1. The lowest BCUT2D eigenvalue weighted by atomic mass is 9.74. The fourth-order valence-corrected chi connectivity index (χ4v) is 4.33. The minimum Gasteiger partial charge on any atom is -0.493 e. The first-order valence-corrected chi connectivity index (χ1v) is 16.2. The van der Waals surface area contributed by atoms with Gasteiger partial charge in [-0.15, -0.1) is 0 Å². The van der Waals surface area contributed by atoms with Gasteiger partial charge in [0.05, 0.1) is 29.6 Å². The zero-order valence-corrected chi connectivity index (χ0v) is 30.8. The van der Waals surface area contributed by atoms with E-state index in [1.165, 1.54) is 7.11 Å². The van der Waals surface area contributed by atoms with Gasteiger partial charge in [0.1, 0.15) is 17.2 Å². The van der Waals surface area contributed by atoms with Crippen LogP contribution in [0, 0.1) is 10.8 Å². The Balaban J connectivity index is 2.97. The second-order valence-electron chi connectivity index (χ2n) is 15.5. The van der Waals surface area contributed by atoms with Crippen LogP contribution < -0.4 is 14.2 Å². The summed E-state index contributed by atoms with van der Waals surface area (Å²) in [4.78, 5) is 39.8. The Labute approximate surface area is 277 Å². The van der Waals surface area contributed by atoms with Gasteiger partial charge in [-0.1, -0.05) is 41.5 Å². The predicted octanol–water partition coefficient (Wildman–Crippen LogP) is 9.62. The van der Waals surface area contributed by atoms with Gasteiger partial charge in [0.25, 0.3) is 0 Å². The fraction of sp³-hybridized carbons (Fsp3) is 0.564. The first kappa shape index (κ1) is 38.6. The van der Waals surface area contributed by atoms with Crippen molar-refractivity contribution in [1.29, 1.82) is 0 Å². The number of esters is 2. The van der Waals surface area contributed by atoms with Crippen molar-refractivity contribution in [2.75, 3.05) is 7.11 Å². The molecule has 0 amide bonds. The molecule has 0 N–H and O–H groups in total. The molecule has 0 aliphatic heterocycles. The van der Waals surface area contributed by atoms with Crippen molar-refractivity contribution >= 4 is 23.8 Å². The lowest BCUT2D eigenvalue weighted by Gasteiger charge is -2.34. The van der Waals surface area contributed by atoms with Gasteiger partial charge in [-0.3, -0.25) is 14.4 Å². The van der Waals surface area contributed by atoms with Gasteiger partial charge in [-0.2, -0.15) is 0 Å². The van der Waals surface area contributed by atoms with Crippen molar-refractivity contribution in [1.82, 2.24) is 0 Å². The van der Waals surface area contributed by atoms with E-state index in [1.54, 1.807) is 51.1 Å². The lowest BCUT2D eigenvalue weighted by Crippen LogP contribution is -2.29. The van der Waals surface area contributed by atoms with E-state index in [1.807, 2.05) is 34.6 Å². The largest absolute Gasteiger partial charge is 0.493 e. The summed E-state index contributed by atoms with van der Waals surface area (Å²) in [5, 5.41) is 0. The van der Waals surface area contributed by atoms with E-state index in [4.69, 9.17) is 18.9 Å². The number of rotatable bonds is 12. The fourth-order valence-electron chi connectivity index (χ4n) is 4.33. The number of carbonyl (C=O) groups is 3. The van der Waals surface area contributed by atoms with E-state index >= 15 is 0 Å². The van der Waals surface area contributed by atoms with Crippen LogP contribution in [0.15, 0.2) is 36.1 Å². The molecule has 0 unspecified atom stereocenters. The van der Waals surface area contributed by atoms with Gasteiger partial charge < -0.3 is 18.9 Å². The molecule has 0 saturated heterocycles. The van der Waals surface area contributed by atoms with E-state index in [-0.39, 0.29) is 28.7 Å². The zero-order valence-electron chi connectivity index (χ0n) is 30.8. The molecule has 0 heterocycles. The third-order valence-electron chi connectivity index (χ3n) is 8.31. The molecule has 254 valence electrons. The van der Waals surface area contributed by atoms with Gasteiger partial charge in [-0.25, -0.2) is 0 Å². The van der Waals surface area contributed by atoms with E-state index in [2.05, 4.69) is 47.6 Å². The lowest BCUT2D eigenvalue weighted by molar-refractivity contribution is -0.143. The summed E-state index contributed by atoms with van der Waals surface area (Å²) in [5.74, 6) is 0.0954. The quantitative estimate of drug-likeness (QED) is 0.0753. The summed E-state index contributed by atoms with van der Waals surface area (Å²) in [6.07, 6.45) is 3.01. The van der Waals surface area contributed by atoms with Crippen LogP contribution in [0.5, 0.6) is 17.2 Å². The van der Waals surface area contributed by atoms with E-state index < -0.39 is 22.6 Å². The minimum atomic E-state index is -0.785. The highest BCUT2D eigenvalue weighted by molar-refractivity contribution is 6.10. The van der Waals surface area contributed by atoms with Crippen molar-refractivity contribution in [3.8, 4) is 17.2 Å². The number of ether oxygens (including phenoxy) is 4. The van der Waals surface area contributed by atoms with Crippen LogP contribution in [-0.4, -0.2) is 30.9 Å². The standard InChI is InChI=1S/C39H56O7/c1-16-38(11,12)28-23-29(39(13,14)17-2)33(46-35(42)37(8,9)10)27(32(28)44-24(3)4)22-30(43-15)31(40)25-18-20-26(21-19-25)45-34(41)36(5,6)7/h18-24H,16-17H2,1-15H3. The van der Waals surface area contributed by atoms with E-state index in [9.17, 15) is 14.4 Å². The molecule has 2 rings (SSSR count). The smallest absolute Gasteiger partial charge is 0.316 e. The summed E-state index contributed by atoms with van der Waals surface area (Å²) in [7, 11) is 1.43. The Morgan fingerprint density at radius 3 is 1.59 bits per heavy atom. The zero-order chi connectivity index (χ0) is 35.4. The normalized spacial score (nSPS) is 13.0. The number of carbonyl (C=O) groups excluding carboxylic acids is 3. The molecule has 0 bridgehead atoms. The molecule has 2 aromatic carbocycles. The molecule has 7 heteroatoms. The Bertz CT molecular complexity index is 1440. The van der Waals surface area contributed by atoms with Gasteiger partial charge in [0, 0.05) is 16.7 Å². The summed E-state index contributed by atoms with van der Waals surface area (Å²) in [6.45, 7) is 27.4. The predicted molar refractivity (Wildman–Crippen MR) is 185 cm³/mol. The molecule has 0 aliphatic rings. The summed E-state index contributed by atoms with van der Waals surface area (Å²) >= 11 is 0.